The van der Waals surface area contributed by atoms with Gasteiger partial charge in [-0.3, -0.25) is 4.79 Å². The molecule has 0 spiro atoms. The number of hydrogen-bond donors (Lipinski definition) is 1. The third-order valence-electron chi connectivity index (χ3n) is 2.89. The van der Waals surface area contributed by atoms with Gasteiger partial charge >= 0.3 is 0 Å². The van der Waals surface area contributed by atoms with Crippen LogP contribution in [0.5, 0.6) is 0 Å². The Morgan fingerprint density at radius 3 is 2.59 bits per heavy atom. The minimum Gasteiger partial charge on any atom is -0.300 e. The van der Waals surface area contributed by atoms with Gasteiger partial charge in [0.25, 0.3) is 5.91 Å². The van der Waals surface area contributed by atoms with Gasteiger partial charge in [0, 0.05) is 0 Å². The number of thioether (sulfide) groups is 1. The molecule has 0 radical (unpaired) electrons. The molecule has 3 nitrogen and oxygen atoms in total. The van der Waals surface area contributed by atoms with Gasteiger partial charge in [0.1, 0.15) is 5.82 Å². The van der Waals surface area contributed by atoms with Crippen LogP contribution in [0.4, 0.5) is 10.1 Å². The van der Waals surface area contributed by atoms with E-state index < -0.39 is 0 Å². The van der Waals surface area contributed by atoms with Gasteiger partial charge in [-0.25, -0.2) is 9.38 Å². The first-order valence-corrected chi connectivity index (χ1v) is 7.61. The lowest BCUT2D eigenvalue weighted by Crippen LogP contribution is -2.19. The van der Waals surface area contributed by atoms with Crippen molar-refractivity contribution in [2.75, 3.05) is 0 Å². The van der Waals surface area contributed by atoms with Crippen LogP contribution >= 0.6 is 23.4 Å². The quantitative estimate of drug-likeness (QED) is 0.830. The fourth-order valence-corrected chi connectivity index (χ4v) is 2.86. The second kappa shape index (κ2) is 6.34. The lowest BCUT2D eigenvalue weighted by molar-refractivity contribution is -0.115. The molecular formula is C16H10ClFN2OS. The van der Waals surface area contributed by atoms with Gasteiger partial charge in [0.05, 0.1) is 15.6 Å². The number of amidine groups is 1. The van der Waals surface area contributed by atoms with Gasteiger partial charge in [0.15, 0.2) is 5.17 Å². The molecule has 110 valence electrons. The van der Waals surface area contributed by atoms with Crippen molar-refractivity contribution in [2.45, 2.75) is 0 Å². The Bertz CT molecular complexity index is 787. The van der Waals surface area contributed by atoms with Gasteiger partial charge in [0.2, 0.25) is 0 Å². The highest BCUT2D eigenvalue weighted by Crippen LogP contribution is 2.30. The summed E-state index contributed by atoms with van der Waals surface area (Å²) in [7, 11) is 0. The van der Waals surface area contributed by atoms with Crippen molar-refractivity contribution >= 4 is 46.2 Å². The number of carbonyl (C=O) groups is 1. The van der Waals surface area contributed by atoms with Crippen LogP contribution in [0.15, 0.2) is 58.4 Å². The standard InChI is InChI=1S/C16H10ClFN2OS/c17-12-3-1-2-4-13(12)19-16-20-15(21)14(22-16)9-10-5-7-11(18)8-6-10/h1-9H,(H,19,20,21)/b14-9+. The Labute approximate surface area is 135 Å². The number of nitrogens with one attached hydrogen (secondary N) is 1. The number of nitrogens with zero attached hydrogens (tertiary/aromatic N) is 1. The lowest BCUT2D eigenvalue weighted by Gasteiger charge is -1.98. The Hall–Kier alpha value is -2.11. The molecule has 0 unspecified atom stereocenters. The third-order valence-corrected chi connectivity index (χ3v) is 4.12. The number of carbonyl (C=O) groups excluding carboxylic acids is 1. The van der Waals surface area contributed by atoms with Crippen molar-refractivity contribution in [3.63, 3.8) is 0 Å². The van der Waals surface area contributed by atoms with E-state index in [0.717, 1.165) is 5.56 Å². The second-order valence-electron chi connectivity index (χ2n) is 4.48. The predicted molar refractivity (Wildman–Crippen MR) is 88.7 cm³/mol. The van der Waals surface area contributed by atoms with Crippen molar-refractivity contribution in [1.82, 2.24) is 5.32 Å². The summed E-state index contributed by atoms with van der Waals surface area (Å²) in [6, 6.07) is 13.1. The monoisotopic (exact) mass is 332 g/mol. The highest BCUT2D eigenvalue weighted by Gasteiger charge is 2.23. The van der Waals surface area contributed by atoms with E-state index in [1.807, 2.05) is 12.1 Å². The topological polar surface area (TPSA) is 41.5 Å². The Morgan fingerprint density at radius 2 is 1.86 bits per heavy atom. The molecule has 0 aromatic heterocycles. The Balaban J connectivity index is 1.84. The molecule has 1 aliphatic rings. The molecule has 3 rings (SSSR count). The van der Waals surface area contributed by atoms with E-state index in [1.165, 1.54) is 23.9 Å². The summed E-state index contributed by atoms with van der Waals surface area (Å²) < 4.78 is 12.9. The van der Waals surface area contributed by atoms with Gasteiger partial charge in [-0.1, -0.05) is 35.9 Å². The number of hydrogen-bond acceptors (Lipinski definition) is 3. The highest BCUT2D eigenvalue weighted by molar-refractivity contribution is 8.18. The number of aliphatic imine (C=N–C) groups is 1. The average Bonchev–Trinajstić information content (AvgIpc) is 2.84. The summed E-state index contributed by atoms with van der Waals surface area (Å²) in [6.07, 6.45) is 1.69. The second-order valence-corrected chi connectivity index (χ2v) is 5.92. The van der Waals surface area contributed by atoms with Crippen LogP contribution < -0.4 is 5.32 Å². The van der Waals surface area contributed by atoms with E-state index in [-0.39, 0.29) is 11.7 Å². The average molecular weight is 333 g/mol. The molecule has 1 amide bonds. The Kier molecular flexibility index (Phi) is 4.27. The largest absolute Gasteiger partial charge is 0.300 e. The van der Waals surface area contributed by atoms with Crippen molar-refractivity contribution in [3.05, 3.63) is 69.8 Å². The summed E-state index contributed by atoms with van der Waals surface area (Å²) in [5.74, 6) is -0.549. The van der Waals surface area contributed by atoms with Crippen LogP contribution in [-0.4, -0.2) is 11.1 Å². The van der Waals surface area contributed by atoms with Crippen molar-refractivity contribution in [3.8, 4) is 0 Å². The molecule has 1 heterocycles. The molecule has 1 fully saturated rings. The van der Waals surface area contributed by atoms with Crippen molar-refractivity contribution in [1.29, 1.82) is 0 Å². The van der Waals surface area contributed by atoms with Crippen LogP contribution in [0.2, 0.25) is 5.02 Å². The molecule has 6 heteroatoms. The number of para-hydroxylation sites is 1. The fourth-order valence-electron chi connectivity index (χ4n) is 1.84. The zero-order valence-corrected chi connectivity index (χ0v) is 12.8. The summed E-state index contributed by atoms with van der Waals surface area (Å²) >= 11 is 7.26. The number of rotatable bonds is 2. The molecule has 1 aliphatic heterocycles. The van der Waals surface area contributed by atoms with Gasteiger partial charge in [-0.2, -0.15) is 0 Å². The molecule has 2 aromatic rings. The first-order chi connectivity index (χ1) is 10.6. The van der Waals surface area contributed by atoms with Crippen molar-refractivity contribution < 1.29 is 9.18 Å². The first-order valence-electron chi connectivity index (χ1n) is 6.41. The molecule has 2 aromatic carbocycles. The molecular weight excluding hydrogens is 323 g/mol. The predicted octanol–water partition coefficient (Wildman–Crippen LogP) is 4.37. The molecule has 0 aliphatic carbocycles. The minimum atomic E-state index is -0.313. The smallest absolute Gasteiger partial charge is 0.264 e. The maximum Gasteiger partial charge on any atom is 0.264 e. The maximum absolute atomic E-state index is 12.9. The SMILES string of the molecule is O=C1NC(=Nc2ccccc2Cl)S/C1=C/c1ccc(F)cc1. The lowest BCUT2D eigenvalue weighted by atomic mass is 10.2. The minimum absolute atomic E-state index is 0.236. The summed E-state index contributed by atoms with van der Waals surface area (Å²) in [5, 5.41) is 3.66. The van der Waals surface area contributed by atoms with E-state index in [2.05, 4.69) is 10.3 Å². The van der Waals surface area contributed by atoms with Crippen LogP contribution in [0.1, 0.15) is 5.56 Å². The maximum atomic E-state index is 12.9. The molecule has 0 atom stereocenters. The van der Waals surface area contributed by atoms with Crippen LogP contribution in [0.3, 0.4) is 0 Å². The summed E-state index contributed by atoms with van der Waals surface area (Å²) in [5.41, 5.74) is 1.34. The number of amides is 1. The molecule has 1 N–H and O–H groups in total. The van der Waals surface area contributed by atoms with Crippen LogP contribution in [-0.2, 0) is 4.79 Å². The van der Waals surface area contributed by atoms with Crippen LogP contribution in [0.25, 0.3) is 6.08 Å². The van der Waals surface area contributed by atoms with E-state index in [9.17, 15) is 9.18 Å². The third kappa shape index (κ3) is 3.37. The van der Waals surface area contributed by atoms with Crippen LogP contribution in [0, 0.1) is 5.82 Å². The molecule has 22 heavy (non-hydrogen) atoms. The normalized spacial score (nSPS) is 18.0. The van der Waals surface area contributed by atoms with E-state index in [1.54, 1.807) is 30.3 Å². The zero-order valence-electron chi connectivity index (χ0n) is 11.2. The molecule has 0 saturated carbocycles. The van der Waals surface area contributed by atoms with E-state index in [4.69, 9.17) is 11.6 Å². The summed E-state index contributed by atoms with van der Waals surface area (Å²) in [6.45, 7) is 0. The molecule has 1 saturated heterocycles. The van der Waals surface area contributed by atoms with E-state index >= 15 is 0 Å². The fraction of sp³-hybridized carbons (Fsp3) is 0. The Morgan fingerprint density at radius 1 is 1.14 bits per heavy atom. The zero-order chi connectivity index (χ0) is 15.5. The highest BCUT2D eigenvalue weighted by atomic mass is 35.5. The molecule has 0 bridgehead atoms. The van der Waals surface area contributed by atoms with Crippen molar-refractivity contribution in [2.24, 2.45) is 4.99 Å². The number of benzene rings is 2. The van der Waals surface area contributed by atoms with Gasteiger partial charge in [-0.15, -0.1) is 0 Å². The number of halogens is 2. The first kappa shape index (κ1) is 14.8. The van der Waals surface area contributed by atoms with E-state index in [0.29, 0.717) is 20.8 Å². The van der Waals surface area contributed by atoms with Gasteiger partial charge in [-0.05, 0) is 47.7 Å². The van der Waals surface area contributed by atoms with Gasteiger partial charge < -0.3 is 5.32 Å². The summed E-state index contributed by atoms with van der Waals surface area (Å²) in [4.78, 5) is 16.8.